The van der Waals surface area contributed by atoms with Crippen LogP contribution in [0.25, 0.3) is 0 Å². The molecule has 2 heterocycles. The van der Waals surface area contributed by atoms with E-state index in [-0.39, 0.29) is 0 Å². The Kier molecular flexibility index (Phi) is 4.11. The van der Waals surface area contributed by atoms with Crippen LogP contribution in [0.15, 0.2) is 6.07 Å². The predicted octanol–water partition coefficient (Wildman–Crippen LogP) is -0.0409. The van der Waals surface area contributed by atoms with Gasteiger partial charge in [-0.05, 0) is 6.92 Å². The fourth-order valence-electron chi connectivity index (χ4n) is 1.72. The third kappa shape index (κ3) is 3.28. The summed E-state index contributed by atoms with van der Waals surface area (Å²) in [6.07, 6.45) is 0. The van der Waals surface area contributed by atoms with Gasteiger partial charge in [0.2, 0.25) is 5.88 Å². The second-order valence-electron chi connectivity index (χ2n) is 3.85. The van der Waals surface area contributed by atoms with Crippen LogP contribution in [0.4, 0.5) is 5.82 Å². The molecule has 0 bridgehead atoms. The molecule has 17 heavy (non-hydrogen) atoms. The summed E-state index contributed by atoms with van der Waals surface area (Å²) in [5.41, 5.74) is 5.40. The van der Waals surface area contributed by atoms with Crippen molar-refractivity contribution in [2.45, 2.75) is 6.92 Å². The lowest BCUT2D eigenvalue weighted by molar-refractivity contribution is 0.122. The zero-order valence-corrected chi connectivity index (χ0v) is 10.1. The van der Waals surface area contributed by atoms with Crippen molar-refractivity contribution in [3.8, 4) is 5.88 Å². The Morgan fingerprint density at radius 3 is 2.88 bits per heavy atom. The molecule has 0 radical (unpaired) electrons. The Labute approximate surface area is 101 Å². The summed E-state index contributed by atoms with van der Waals surface area (Å²) in [6.45, 7) is 6.00. The monoisotopic (exact) mass is 238 g/mol. The minimum Gasteiger partial charge on any atom is -0.476 e. The first-order chi connectivity index (χ1) is 8.29. The Morgan fingerprint density at radius 2 is 2.18 bits per heavy atom. The summed E-state index contributed by atoms with van der Waals surface area (Å²) in [5.74, 6) is 2.19. The Morgan fingerprint density at radius 1 is 1.41 bits per heavy atom. The van der Waals surface area contributed by atoms with Gasteiger partial charge in [0.1, 0.15) is 18.2 Å². The SMILES string of the molecule is Cc1nc(OCCN)cc(N2CCOCC2)n1. The number of anilines is 1. The van der Waals surface area contributed by atoms with Crippen LogP contribution in [0, 0.1) is 6.92 Å². The smallest absolute Gasteiger partial charge is 0.218 e. The molecule has 0 amide bonds. The van der Waals surface area contributed by atoms with Crippen LogP contribution in [0.3, 0.4) is 0 Å². The summed E-state index contributed by atoms with van der Waals surface area (Å²) < 4.78 is 10.7. The van der Waals surface area contributed by atoms with E-state index in [1.807, 2.05) is 13.0 Å². The normalized spacial score (nSPS) is 16.0. The topological polar surface area (TPSA) is 73.5 Å². The zero-order chi connectivity index (χ0) is 12.1. The largest absolute Gasteiger partial charge is 0.476 e. The number of rotatable bonds is 4. The highest BCUT2D eigenvalue weighted by Gasteiger charge is 2.14. The molecule has 2 N–H and O–H groups in total. The fourth-order valence-corrected chi connectivity index (χ4v) is 1.72. The van der Waals surface area contributed by atoms with E-state index in [1.165, 1.54) is 0 Å². The Balaban J connectivity index is 2.12. The van der Waals surface area contributed by atoms with E-state index in [9.17, 15) is 0 Å². The molecule has 0 spiro atoms. The average molecular weight is 238 g/mol. The second-order valence-corrected chi connectivity index (χ2v) is 3.85. The van der Waals surface area contributed by atoms with Crippen molar-refractivity contribution in [1.29, 1.82) is 0 Å². The van der Waals surface area contributed by atoms with E-state index < -0.39 is 0 Å². The highest BCUT2D eigenvalue weighted by Crippen LogP contribution is 2.18. The third-order valence-corrected chi connectivity index (χ3v) is 2.50. The van der Waals surface area contributed by atoms with Gasteiger partial charge in [-0.25, -0.2) is 4.98 Å². The molecule has 6 heteroatoms. The van der Waals surface area contributed by atoms with Gasteiger partial charge in [-0.1, -0.05) is 0 Å². The highest BCUT2D eigenvalue weighted by atomic mass is 16.5. The van der Waals surface area contributed by atoms with Crippen molar-refractivity contribution in [3.05, 3.63) is 11.9 Å². The molecule has 1 fully saturated rings. The predicted molar refractivity (Wildman–Crippen MR) is 64.4 cm³/mol. The molecule has 0 aliphatic carbocycles. The van der Waals surface area contributed by atoms with Gasteiger partial charge in [-0.2, -0.15) is 4.98 Å². The molecule has 2 rings (SSSR count). The molecule has 1 aliphatic heterocycles. The molecule has 0 unspecified atom stereocenters. The zero-order valence-electron chi connectivity index (χ0n) is 10.1. The average Bonchev–Trinajstić information content (AvgIpc) is 2.37. The molecular formula is C11H18N4O2. The van der Waals surface area contributed by atoms with Crippen molar-refractivity contribution in [2.24, 2.45) is 5.73 Å². The van der Waals surface area contributed by atoms with Crippen molar-refractivity contribution < 1.29 is 9.47 Å². The lowest BCUT2D eigenvalue weighted by Gasteiger charge is -2.28. The van der Waals surface area contributed by atoms with Gasteiger partial charge in [-0.15, -0.1) is 0 Å². The van der Waals surface area contributed by atoms with Crippen molar-refractivity contribution >= 4 is 5.82 Å². The number of morpholine rings is 1. The maximum atomic E-state index is 5.43. The number of hydrogen-bond acceptors (Lipinski definition) is 6. The van der Waals surface area contributed by atoms with Crippen LogP contribution in [0.2, 0.25) is 0 Å². The molecule has 1 aliphatic rings. The van der Waals surface area contributed by atoms with Crippen LogP contribution >= 0.6 is 0 Å². The third-order valence-electron chi connectivity index (χ3n) is 2.50. The molecule has 0 atom stereocenters. The number of ether oxygens (including phenoxy) is 2. The fraction of sp³-hybridized carbons (Fsp3) is 0.636. The Bertz CT molecular complexity index is 366. The molecule has 1 aromatic heterocycles. The first kappa shape index (κ1) is 12.1. The van der Waals surface area contributed by atoms with E-state index in [2.05, 4.69) is 14.9 Å². The van der Waals surface area contributed by atoms with E-state index in [1.54, 1.807) is 0 Å². The number of hydrogen-bond donors (Lipinski definition) is 1. The second kappa shape index (κ2) is 5.79. The first-order valence-corrected chi connectivity index (χ1v) is 5.81. The van der Waals surface area contributed by atoms with E-state index in [0.717, 1.165) is 32.1 Å². The van der Waals surface area contributed by atoms with Gasteiger partial charge in [0, 0.05) is 25.7 Å². The lowest BCUT2D eigenvalue weighted by Crippen LogP contribution is -2.36. The van der Waals surface area contributed by atoms with Crippen LogP contribution in [-0.4, -0.2) is 49.4 Å². The maximum absolute atomic E-state index is 5.43. The molecule has 1 aromatic rings. The van der Waals surface area contributed by atoms with E-state index in [0.29, 0.717) is 24.9 Å². The first-order valence-electron chi connectivity index (χ1n) is 5.81. The van der Waals surface area contributed by atoms with Gasteiger partial charge in [0.25, 0.3) is 0 Å². The number of aryl methyl sites for hydroxylation is 1. The van der Waals surface area contributed by atoms with E-state index >= 15 is 0 Å². The van der Waals surface area contributed by atoms with Crippen LogP contribution < -0.4 is 15.4 Å². The van der Waals surface area contributed by atoms with Crippen molar-refractivity contribution in [3.63, 3.8) is 0 Å². The van der Waals surface area contributed by atoms with Gasteiger partial charge in [0.15, 0.2) is 0 Å². The van der Waals surface area contributed by atoms with Crippen LogP contribution in [0.1, 0.15) is 5.82 Å². The maximum Gasteiger partial charge on any atom is 0.218 e. The standard InChI is InChI=1S/C11H18N4O2/c1-9-13-10(15-3-6-16-7-4-15)8-11(14-9)17-5-2-12/h8H,2-7,12H2,1H3. The number of nitrogens with zero attached hydrogens (tertiary/aromatic N) is 3. The van der Waals surface area contributed by atoms with Crippen LogP contribution in [0.5, 0.6) is 5.88 Å². The molecule has 0 saturated carbocycles. The molecule has 6 nitrogen and oxygen atoms in total. The molecule has 0 aromatic carbocycles. The summed E-state index contributed by atoms with van der Waals surface area (Å²) in [5, 5.41) is 0. The lowest BCUT2D eigenvalue weighted by atomic mass is 10.4. The van der Waals surface area contributed by atoms with Crippen molar-refractivity contribution in [1.82, 2.24) is 9.97 Å². The number of nitrogens with two attached hydrogens (primary N) is 1. The summed E-state index contributed by atoms with van der Waals surface area (Å²) in [4.78, 5) is 10.8. The van der Waals surface area contributed by atoms with Gasteiger partial charge in [0.05, 0.1) is 13.2 Å². The number of aromatic nitrogens is 2. The van der Waals surface area contributed by atoms with Gasteiger partial charge < -0.3 is 20.1 Å². The summed E-state index contributed by atoms with van der Waals surface area (Å²) in [7, 11) is 0. The molecule has 1 saturated heterocycles. The summed E-state index contributed by atoms with van der Waals surface area (Å²) in [6, 6.07) is 1.86. The van der Waals surface area contributed by atoms with Gasteiger partial charge >= 0.3 is 0 Å². The highest BCUT2D eigenvalue weighted by molar-refractivity contribution is 5.42. The Hall–Kier alpha value is -1.40. The molecular weight excluding hydrogens is 220 g/mol. The van der Waals surface area contributed by atoms with Crippen LogP contribution in [-0.2, 0) is 4.74 Å². The minimum atomic E-state index is 0.471. The summed E-state index contributed by atoms with van der Waals surface area (Å²) >= 11 is 0. The molecule has 94 valence electrons. The quantitative estimate of drug-likeness (QED) is 0.793. The van der Waals surface area contributed by atoms with Gasteiger partial charge in [-0.3, -0.25) is 0 Å². The minimum absolute atomic E-state index is 0.471. The van der Waals surface area contributed by atoms with E-state index in [4.69, 9.17) is 15.2 Å². The van der Waals surface area contributed by atoms with Crippen molar-refractivity contribution in [2.75, 3.05) is 44.4 Å².